The first-order chi connectivity index (χ1) is 11.5. The number of hydrogen-bond acceptors (Lipinski definition) is 3. The number of carbonyl (C=O) groups is 2. The van der Waals surface area contributed by atoms with Gasteiger partial charge in [0.1, 0.15) is 11.6 Å². The van der Waals surface area contributed by atoms with E-state index < -0.39 is 0 Å². The maximum Gasteiger partial charge on any atom is 0.257 e. The Balaban J connectivity index is 1.53. The van der Waals surface area contributed by atoms with Crippen molar-refractivity contribution in [3.05, 3.63) is 59.3 Å². The predicted molar refractivity (Wildman–Crippen MR) is 86.2 cm³/mol. The van der Waals surface area contributed by atoms with Crippen LogP contribution < -0.4 is 5.32 Å². The van der Waals surface area contributed by atoms with Crippen LogP contribution in [0, 0.1) is 12.7 Å². The molecule has 1 aromatic heterocycles. The van der Waals surface area contributed by atoms with E-state index in [0.29, 0.717) is 42.8 Å². The van der Waals surface area contributed by atoms with Gasteiger partial charge in [0.05, 0.1) is 11.8 Å². The number of benzene rings is 1. The van der Waals surface area contributed by atoms with Crippen molar-refractivity contribution in [1.29, 1.82) is 0 Å². The normalized spacial score (nSPS) is 15.3. The molecule has 1 aliphatic heterocycles. The number of furan rings is 1. The van der Waals surface area contributed by atoms with Gasteiger partial charge in [0.2, 0.25) is 0 Å². The van der Waals surface area contributed by atoms with E-state index in [1.807, 2.05) is 0 Å². The third-order valence-corrected chi connectivity index (χ3v) is 4.31. The van der Waals surface area contributed by atoms with Crippen molar-refractivity contribution in [2.75, 3.05) is 13.1 Å². The highest BCUT2D eigenvalue weighted by molar-refractivity contribution is 5.95. The van der Waals surface area contributed by atoms with Crippen LogP contribution in [-0.4, -0.2) is 35.8 Å². The van der Waals surface area contributed by atoms with Gasteiger partial charge in [0.15, 0.2) is 0 Å². The molecule has 2 aromatic rings. The van der Waals surface area contributed by atoms with Crippen molar-refractivity contribution in [3.8, 4) is 0 Å². The SMILES string of the molecule is Cc1occc1C(=O)N1CCC(NC(=O)c2ccc(F)cc2)CC1. The third kappa shape index (κ3) is 3.48. The molecular formula is C18H19FN2O3. The number of aryl methyl sites for hydroxylation is 1. The molecule has 0 radical (unpaired) electrons. The largest absolute Gasteiger partial charge is 0.469 e. The summed E-state index contributed by atoms with van der Waals surface area (Å²) in [6, 6.07) is 7.15. The van der Waals surface area contributed by atoms with Gasteiger partial charge in [0.25, 0.3) is 11.8 Å². The lowest BCUT2D eigenvalue weighted by atomic mass is 10.0. The highest BCUT2D eigenvalue weighted by Crippen LogP contribution is 2.17. The Kier molecular flexibility index (Phi) is 4.64. The summed E-state index contributed by atoms with van der Waals surface area (Å²) in [6.07, 6.45) is 2.89. The molecule has 24 heavy (non-hydrogen) atoms. The number of carbonyl (C=O) groups excluding carboxylic acids is 2. The molecule has 1 aliphatic rings. The van der Waals surface area contributed by atoms with Crippen LogP contribution in [0.2, 0.25) is 0 Å². The molecule has 0 atom stereocenters. The van der Waals surface area contributed by atoms with Gasteiger partial charge in [-0.3, -0.25) is 9.59 Å². The van der Waals surface area contributed by atoms with Crippen LogP contribution in [-0.2, 0) is 0 Å². The maximum absolute atomic E-state index is 12.9. The fourth-order valence-electron chi connectivity index (χ4n) is 2.87. The zero-order valence-corrected chi connectivity index (χ0v) is 13.4. The lowest BCUT2D eigenvalue weighted by Gasteiger charge is -2.32. The van der Waals surface area contributed by atoms with Gasteiger partial charge in [0, 0.05) is 24.7 Å². The molecule has 1 aromatic carbocycles. The summed E-state index contributed by atoms with van der Waals surface area (Å²) >= 11 is 0. The van der Waals surface area contributed by atoms with Crippen LogP contribution in [0.1, 0.15) is 39.3 Å². The standard InChI is InChI=1S/C18H19FN2O3/c1-12-16(8-11-24-12)18(23)21-9-6-15(7-10-21)20-17(22)13-2-4-14(19)5-3-13/h2-5,8,11,15H,6-7,9-10H2,1H3,(H,20,22). The summed E-state index contributed by atoms with van der Waals surface area (Å²) in [5, 5.41) is 2.94. The molecule has 0 bridgehead atoms. The molecular weight excluding hydrogens is 311 g/mol. The van der Waals surface area contributed by atoms with Gasteiger partial charge >= 0.3 is 0 Å². The Labute approximate surface area is 139 Å². The summed E-state index contributed by atoms with van der Waals surface area (Å²) in [6.45, 7) is 2.93. The molecule has 0 saturated carbocycles. The molecule has 1 saturated heterocycles. The molecule has 3 rings (SSSR count). The van der Waals surface area contributed by atoms with Crippen molar-refractivity contribution in [2.24, 2.45) is 0 Å². The minimum atomic E-state index is -0.368. The number of hydrogen-bond donors (Lipinski definition) is 1. The summed E-state index contributed by atoms with van der Waals surface area (Å²) in [5.74, 6) is -0.00494. The van der Waals surface area contributed by atoms with E-state index in [-0.39, 0.29) is 23.7 Å². The zero-order valence-electron chi connectivity index (χ0n) is 13.4. The van der Waals surface area contributed by atoms with Crippen molar-refractivity contribution in [2.45, 2.75) is 25.8 Å². The Bertz CT molecular complexity index is 731. The average Bonchev–Trinajstić information content (AvgIpc) is 3.01. The molecule has 2 heterocycles. The molecule has 0 spiro atoms. The van der Waals surface area contributed by atoms with E-state index in [0.717, 1.165) is 0 Å². The number of likely N-dealkylation sites (tertiary alicyclic amines) is 1. The maximum atomic E-state index is 12.9. The van der Waals surface area contributed by atoms with Gasteiger partial charge in [-0.15, -0.1) is 0 Å². The summed E-state index contributed by atoms with van der Waals surface area (Å²) < 4.78 is 18.1. The van der Waals surface area contributed by atoms with Gasteiger partial charge < -0.3 is 14.6 Å². The van der Waals surface area contributed by atoms with Crippen molar-refractivity contribution in [3.63, 3.8) is 0 Å². The minimum Gasteiger partial charge on any atom is -0.469 e. The van der Waals surface area contributed by atoms with Gasteiger partial charge in [-0.05, 0) is 50.1 Å². The summed E-state index contributed by atoms with van der Waals surface area (Å²) in [7, 11) is 0. The van der Waals surface area contributed by atoms with E-state index >= 15 is 0 Å². The van der Waals surface area contributed by atoms with Crippen LogP contribution in [0.25, 0.3) is 0 Å². The van der Waals surface area contributed by atoms with Crippen LogP contribution in [0.3, 0.4) is 0 Å². The Morgan fingerprint density at radius 3 is 2.42 bits per heavy atom. The van der Waals surface area contributed by atoms with Crippen LogP contribution in [0.5, 0.6) is 0 Å². The Morgan fingerprint density at radius 1 is 1.17 bits per heavy atom. The van der Waals surface area contributed by atoms with Crippen LogP contribution in [0.4, 0.5) is 4.39 Å². The highest BCUT2D eigenvalue weighted by Gasteiger charge is 2.26. The van der Waals surface area contributed by atoms with E-state index in [4.69, 9.17) is 4.42 Å². The zero-order chi connectivity index (χ0) is 17.1. The summed E-state index contributed by atoms with van der Waals surface area (Å²) in [5.41, 5.74) is 1.02. The van der Waals surface area contributed by atoms with Crippen molar-refractivity contribution < 1.29 is 18.4 Å². The lowest BCUT2D eigenvalue weighted by molar-refractivity contribution is 0.0696. The molecule has 1 fully saturated rings. The second-order valence-corrected chi connectivity index (χ2v) is 5.94. The topological polar surface area (TPSA) is 62.6 Å². The average molecular weight is 330 g/mol. The molecule has 6 heteroatoms. The second-order valence-electron chi connectivity index (χ2n) is 5.94. The van der Waals surface area contributed by atoms with Crippen LogP contribution >= 0.6 is 0 Å². The number of amides is 2. The Hall–Kier alpha value is -2.63. The second kappa shape index (κ2) is 6.86. The fourth-order valence-corrected chi connectivity index (χ4v) is 2.87. The van der Waals surface area contributed by atoms with Crippen molar-refractivity contribution in [1.82, 2.24) is 10.2 Å². The number of piperidine rings is 1. The lowest BCUT2D eigenvalue weighted by Crippen LogP contribution is -2.46. The monoisotopic (exact) mass is 330 g/mol. The van der Waals surface area contributed by atoms with E-state index in [1.165, 1.54) is 30.5 Å². The molecule has 0 aliphatic carbocycles. The number of rotatable bonds is 3. The van der Waals surface area contributed by atoms with Crippen molar-refractivity contribution >= 4 is 11.8 Å². The van der Waals surface area contributed by atoms with Gasteiger partial charge in [-0.2, -0.15) is 0 Å². The van der Waals surface area contributed by atoms with E-state index in [2.05, 4.69) is 5.32 Å². The minimum absolute atomic E-state index is 0.0112. The molecule has 126 valence electrons. The molecule has 5 nitrogen and oxygen atoms in total. The fraction of sp³-hybridized carbons (Fsp3) is 0.333. The predicted octanol–water partition coefficient (Wildman–Crippen LogP) is 2.76. The smallest absolute Gasteiger partial charge is 0.257 e. The summed E-state index contributed by atoms with van der Waals surface area (Å²) in [4.78, 5) is 26.3. The first-order valence-electron chi connectivity index (χ1n) is 7.94. The quantitative estimate of drug-likeness (QED) is 0.941. The molecule has 1 N–H and O–H groups in total. The third-order valence-electron chi connectivity index (χ3n) is 4.31. The highest BCUT2D eigenvalue weighted by atomic mass is 19.1. The number of halogens is 1. The first kappa shape index (κ1) is 16.2. The Morgan fingerprint density at radius 2 is 1.83 bits per heavy atom. The molecule has 0 unspecified atom stereocenters. The van der Waals surface area contributed by atoms with Crippen LogP contribution in [0.15, 0.2) is 41.0 Å². The molecule has 2 amide bonds. The van der Waals surface area contributed by atoms with Gasteiger partial charge in [-0.1, -0.05) is 0 Å². The first-order valence-corrected chi connectivity index (χ1v) is 7.94. The number of nitrogens with one attached hydrogen (secondary N) is 1. The van der Waals surface area contributed by atoms with E-state index in [1.54, 1.807) is 17.9 Å². The van der Waals surface area contributed by atoms with E-state index in [9.17, 15) is 14.0 Å². The van der Waals surface area contributed by atoms with Gasteiger partial charge in [-0.25, -0.2) is 4.39 Å². The number of nitrogens with zero attached hydrogens (tertiary/aromatic N) is 1.